The Morgan fingerprint density at radius 3 is 2.48 bits per heavy atom. The summed E-state index contributed by atoms with van der Waals surface area (Å²) in [6.07, 6.45) is 0.554. The molecule has 4 rings (SSSR count). The van der Waals surface area contributed by atoms with Gasteiger partial charge in [0.05, 0.1) is 13.2 Å². The Bertz CT molecular complexity index is 854. The van der Waals surface area contributed by atoms with E-state index in [1.165, 1.54) is 5.56 Å². The Hall–Kier alpha value is -2.66. The van der Waals surface area contributed by atoms with E-state index in [0.717, 1.165) is 48.7 Å². The van der Waals surface area contributed by atoms with Gasteiger partial charge in [-0.25, -0.2) is 0 Å². The van der Waals surface area contributed by atoms with Crippen LogP contribution < -0.4 is 10.2 Å². The number of carbonyl (C=O) groups excluding carboxylic acids is 2. The molecule has 1 atom stereocenters. The third kappa shape index (κ3) is 3.74. The summed E-state index contributed by atoms with van der Waals surface area (Å²) in [5, 5.41) is 2.89. The van der Waals surface area contributed by atoms with Gasteiger partial charge >= 0.3 is 0 Å². The van der Waals surface area contributed by atoms with Crippen molar-refractivity contribution in [2.75, 3.05) is 37.7 Å². The number of nitrogens with zero attached hydrogens (tertiary/aromatic N) is 1. The van der Waals surface area contributed by atoms with E-state index in [-0.39, 0.29) is 17.6 Å². The fraction of sp³-hybridized carbons (Fsp3) is 0.364. The minimum absolute atomic E-state index is 0.0666. The first-order valence-corrected chi connectivity index (χ1v) is 9.46. The number of anilines is 1. The van der Waals surface area contributed by atoms with Crippen molar-refractivity contribution in [1.82, 2.24) is 5.32 Å². The number of carbonyl (C=O) groups is 2. The fourth-order valence-corrected chi connectivity index (χ4v) is 3.84. The first kappa shape index (κ1) is 17.7. The Morgan fingerprint density at radius 1 is 1.11 bits per heavy atom. The number of hydrogen-bond acceptors (Lipinski definition) is 4. The third-order valence-corrected chi connectivity index (χ3v) is 5.43. The van der Waals surface area contributed by atoms with E-state index in [4.69, 9.17) is 4.74 Å². The highest BCUT2D eigenvalue weighted by atomic mass is 16.5. The highest BCUT2D eigenvalue weighted by Gasteiger charge is 2.23. The average Bonchev–Trinajstić information content (AvgIpc) is 3.14. The molecule has 0 aromatic heterocycles. The van der Waals surface area contributed by atoms with Crippen molar-refractivity contribution in [3.63, 3.8) is 0 Å². The topological polar surface area (TPSA) is 58.6 Å². The normalized spacial score (nSPS) is 19.8. The van der Waals surface area contributed by atoms with Gasteiger partial charge in [0.2, 0.25) is 5.91 Å². The first-order valence-electron chi connectivity index (χ1n) is 9.46. The summed E-state index contributed by atoms with van der Waals surface area (Å²) >= 11 is 0. The average molecular weight is 364 g/mol. The van der Waals surface area contributed by atoms with Crippen molar-refractivity contribution in [3.05, 3.63) is 53.6 Å². The van der Waals surface area contributed by atoms with Crippen LogP contribution in [0.5, 0.6) is 0 Å². The van der Waals surface area contributed by atoms with Crippen LogP contribution in [0.1, 0.15) is 35.2 Å². The van der Waals surface area contributed by atoms with E-state index in [0.29, 0.717) is 13.0 Å². The quantitative estimate of drug-likeness (QED) is 0.848. The van der Waals surface area contributed by atoms with E-state index >= 15 is 0 Å². The highest BCUT2D eigenvalue weighted by molar-refractivity contribution is 5.97. The van der Waals surface area contributed by atoms with Crippen LogP contribution in [0.2, 0.25) is 0 Å². The van der Waals surface area contributed by atoms with Gasteiger partial charge in [0.25, 0.3) is 0 Å². The minimum atomic E-state index is 0.0666. The number of benzene rings is 2. The van der Waals surface area contributed by atoms with E-state index in [2.05, 4.69) is 34.5 Å². The molecule has 1 unspecified atom stereocenters. The fourth-order valence-electron chi connectivity index (χ4n) is 3.84. The summed E-state index contributed by atoms with van der Waals surface area (Å²) in [7, 11) is 0. The van der Waals surface area contributed by atoms with Crippen LogP contribution in [-0.4, -0.2) is 44.5 Å². The molecule has 2 fully saturated rings. The Morgan fingerprint density at radius 2 is 1.85 bits per heavy atom. The number of ketones is 1. The standard InChI is InChI=1S/C22H24N2O3/c1-15(25)18-6-7-21(24-8-10-27-11-9-24)20(12-18)17-4-2-16(3-5-17)19-13-22(26)23-14-19/h2-7,12,19H,8-11,13-14H2,1H3,(H,23,26). The molecule has 1 amide bonds. The van der Waals surface area contributed by atoms with Crippen LogP contribution in [0.3, 0.4) is 0 Å². The molecule has 2 saturated heterocycles. The molecule has 2 aliphatic rings. The smallest absolute Gasteiger partial charge is 0.220 e. The lowest BCUT2D eigenvalue weighted by atomic mass is 9.93. The van der Waals surface area contributed by atoms with Gasteiger partial charge in [-0.1, -0.05) is 24.3 Å². The summed E-state index contributed by atoms with van der Waals surface area (Å²) in [6.45, 7) is 5.43. The molecule has 140 valence electrons. The van der Waals surface area contributed by atoms with Gasteiger partial charge in [0, 0.05) is 48.8 Å². The predicted molar refractivity (Wildman–Crippen MR) is 105 cm³/mol. The summed E-state index contributed by atoms with van der Waals surface area (Å²) in [6, 6.07) is 14.3. The van der Waals surface area contributed by atoms with Crippen molar-refractivity contribution in [2.24, 2.45) is 0 Å². The van der Waals surface area contributed by atoms with Gasteiger partial charge in [0.15, 0.2) is 5.78 Å². The lowest BCUT2D eigenvalue weighted by Gasteiger charge is -2.31. The zero-order chi connectivity index (χ0) is 18.8. The molecule has 0 saturated carbocycles. The highest BCUT2D eigenvalue weighted by Crippen LogP contribution is 2.34. The number of morpholine rings is 1. The van der Waals surface area contributed by atoms with Crippen LogP contribution in [0.15, 0.2) is 42.5 Å². The summed E-state index contributed by atoms with van der Waals surface area (Å²) < 4.78 is 5.48. The first-order chi connectivity index (χ1) is 13.1. The predicted octanol–water partition coefficient (Wildman–Crippen LogP) is 3.00. The van der Waals surface area contributed by atoms with Gasteiger partial charge in [-0.15, -0.1) is 0 Å². The molecule has 2 heterocycles. The van der Waals surface area contributed by atoms with E-state index < -0.39 is 0 Å². The molecule has 0 bridgehead atoms. The Kier molecular flexibility index (Phi) is 4.94. The number of ether oxygens (including phenoxy) is 1. The van der Waals surface area contributed by atoms with Crippen LogP contribution >= 0.6 is 0 Å². The molecule has 1 N–H and O–H groups in total. The molecular formula is C22H24N2O3. The zero-order valence-corrected chi connectivity index (χ0v) is 15.5. The van der Waals surface area contributed by atoms with Crippen molar-refractivity contribution >= 4 is 17.4 Å². The summed E-state index contributed by atoms with van der Waals surface area (Å²) in [5.41, 5.74) is 5.18. The SMILES string of the molecule is CC(=O)c1ccc(N2CCOCC2)c(-c2ccc(C3CNC(=O)C3)cc2)c1. The molecule has 2 aromatic carbocycles. The van der Waals surface area contributed by atoms with Crippen molar-refractivity contribution in [1.29, 1.82) is 0 Å². The molecule has 2 aliphatic heterocycles. The van der Waals surface area contributed by atoms with Gasteiger partial charge < -0.3 is 15.0 Å². The second-order valence-electron chi connectivity index (χ2n) is 7.21. The van der Waals surface area contributed by atoms with Crippen LogP contribution in [0, 0.1) is 0 Å². The monoisotopic (exact) mass is 364 g/mol. The van der Waals surface area contributed by atoms with Crippen LogP contribution in [-0.2, 0) is 9.53 Å². The van der Waals surface area contributed by atoms with Crippen molar-refractivity contribution < 1.29 is 14.3 Å². The molecule has 27 heavy (non-hydrogen) atoms. The number of rotatable bonds is 4. The number of Topliss-reactive ketones (excluding diaryl/α,β-unsaturated/α-hetero) is 1. The van der Waals surface area contributed by atoms with Gasteiger partial charge in [-0.05, 0) is 36.2 Å². The molecule has 2 aromatic rings. The maximum Gasteiger partial charge on any atom is 0.220 e. The molecule has 5 heteroatoms. The van der Waals surface area contributed by atoms with Gasteiger partial charge in [-0.2, -0.15) is 0 Å². The number of amides is 1. The Labute approximate surface area is 159 Å². The maximum atomic E-state index is 11.9. The largest absolute Gasteiger partial charge is 0.378 e. The van der Waals surface area contributed by atoms with Crippen molar-refractivity contribution in [2.45, 2.75) is 19.3 Å². The lowest BCUT2D eigenvalue weighted by Crippen LogP contribution is -2.36. The second-order valence-corrected chi connectivity index (χ2v) is 7.21. The van der Waals surface area contributed by atoms with Crippen molar-refractivity contribution in [3.8, 4) is 11.1 Å². The molecular weight excluding hydrogens is 340 g/mol. The second kappa shape index (κ2) is 7.53. The Balaban J connectivity index is 1.69. The molecule has 0 aliphatic carbocycles. The maximum absolute atomic E-state index is 11.9. The number of hydrogen-bond donors (Lipinski definition) is 1. The van der Waals surface area contributed by atoms with Gasteiger partial charge in [-0.3, -0.25) is 9.59 Å². The van der Waals surface area contributed by atoms with E-state index in [1.54, 1.807) is 6.92 Å². The van der Waals surface area contributed by atoms with E-state index in [1.807, 2.05) is 18.2 Å². The molecule has 5 nitrogen and oxygen atoms in total. The zero-order valence-electron chi connectivity index (χ0n) is 15.5. The van der Waals surface area contributed by atoms with Gasteiger partial charge in [0.1, 0.15) is 0 Å². The number of nitrogens with one attached hydrogen (secondary N) is 1. The molecule has 0 spiro atoms. The lowest BCUT2D eigenvalue weighted by molar-refractivity contribution is -0.119. The third-order valence-electron chi connectivity index (χ3n) is 5.43. The van der Waals surface area contributed by atoms with E-state index in [9.17, 15) is 9.59 Å². The minimum Gasteiger partial charge on any atom is -0.378 e. The summed E-state index contributed by atoms with van der Waals surface area (Å²) in [4.78, 5) is 25.7. The summed E-state index contributed by atoms with van der Waals surface area (Å²) in [5.74, 6) is 0.429. The van der Waals surface area contributed by atoms with Crippen LogP contribution in [0.25, 0.3) is 11.1 Å². The molecule has 0 radical (unpaired) electrons. The van der Waals surface area contributed by atoms with Crippen LogP contribution in [0.4, 0.5) is 5.69 Å².